The molecule has 0 radical (unpaired) electrons. The van der Waals surface area contributed by atoms with Gasteiger partial charge in [0.1, 0.15) is 29.1 Å². The molecule has 0 bridgehead atoms. The second kappa shape index (κ2) is 13.9. The summed E-state index contributed by atoms with van der Waals surface area (Å²) in [5, 5.41) is 26.8. The molecule has 2 aliphatic heterocycles. The van der Waals surface area contributed by atoms with Crippen molar-refractivity contribution in [2.75, 3.05) is 17.2 Å². The van der Waals surface area contributed by atoms with E-state index >= 15 is 0 Å². The Labute approximate surface area is 277 Å². The van der Waals surface area contributed by atoms with Crippen LogP contribution in [0.15, 0.2) is 50.5 Å². The number of thioether (sulfide) groups is 2. The first kappa shape index (κ1) is 33.6. The number of aromatic nitrogens is 5. The summed E-state index contributed by atoms with van der Waals surface area (Å²) in [5.74, 6) is -5.66. The molecule has 0 saturated carbocycles. The largest absolute Gasteiger partial charge is 0.477 e. The molecule has 48 heavy (non-hydrogen) atoms. The number of ether oxygens (including phenoxy) is 2. The summed E-state index contributed by atoms with van der Waals surface area (Å²) in [6, 6.07) is 1.88. The summed E-state index contributed by atoms with van der Waals surface area (Å²) in [6.45, 7) is 2.22. The number of benzene rings is 1. The molecular formula is C26H23N9O11S2. The van der Waals surface area contributed by atoms with E-state index in [1.54, 1.807) is 7.05 Å². The number of rotatable bonds is 11. The Kier molecular flexibility index (Phi) is 9.74. The number of oxazole rings is 1. The molecule has 0 spiro atoms. The number of carboxylic acids is 1. The highest BCUT2D eigenvalue weighted by Crippen LogP contribution is 2.41. The number of carboxylic acid groups (broad SMARTS) is 1. The van der Waals surface area contributed by atoms with Crippen LogP contribution in [0.3, 0.4) is 0 Å². The number of tetrazole rings is 1. The molecule has 0 aliphatic carbocycles. The standard InChI is InChI=1S/C26H23N9O11S2/c1-10(36)44-15-5-4-12(6-16(15)45-11(2)37)24(42)46-31-17(14-7-43-25(27)28-14)20(38)29-18-21(39)35-19(23(40)41)13(8-47-22(18)35)9-48-26-30-32-33-34(26)3/h4-7,18,22H,8-9H2,1-3H3,(H2,27,28)(H,29,38)(H,40,41)/t18?,22-/m0/s1. The molecule has 1 aromatic carbocycles. The third kappa shape index (κ3) is 7.12. The maximum absolute atomic E-state index is 13.4. The van der Waals surface area contributed by atoms with Crippen molar-refractivity contribution < 1.29 is 52.6 Å². The van der Waals surface area contributed by atoms with Crippen molar-refractivity contribution in [3.8, 4) is 11.5 Å². The normalized spacial score (nSPS) is 17.3. The van der Waals surface area contributed by atoms with Crippen molar-refractivity contribution in [3.05, 3.63) is 47.0 Å². The molecular weight excluding hydrogens is 678 g/mol. The second-order valence-corrected chi connectivity index (χ2v) is 11.8. The fourth-order valence-electron chi connectivity index (χ4n) is 4.35. The first-order valence-corrected chi connectivity index (χ1v) is 15.4. The Morgan fingerprint density at radius 1 is 1.19 bits per heavy atom. The van der Waals surface area contributed by atoms with E-state index in [-0.39, 0.29) is 46.0 Å². The smallest absolute Gasteiger partial charge is 0.365 e. The third-order valence-corrected chi connectivity index (χ3v) is 8.82. The Morgan fingerprint density at radius 2 is 1.92 bits per heavy atom. The summed E-state index contributed by atoms with van der Waals surface area (Å²) < 4.78 is 16.4. The third-order valence-electron chi connectivity index (χ3n) is 6.38. The Balaban J connectivity index is 1.33. The number of hydrogen-bond acceptors (Lipinski definition) is 18. The van der Waals surface area contributed by atoms with E-state index in [0.29, 0.717) is 10.7 Å². The lowest BCUT2D eigenvalue weighted by Gasteiger charge is -2.49. The fourth-order valence-corrected chi connectivity index (χ4v) is 6.68. The van der Waals surface area contributed by atoms with Crippen LogP contribution >= 0.6 is 23.5 Å². The van der Waals surface area contributed by atoms with Gasteiger partial charge in [-0.2, -0.15) is 4.98 Å². The van der Waals surface area contributed by atoms with Gasteiger partial charge in [-0.3, -0.25) is 24.1 Å². The van der Waals surface area contributed by atoms with E-state index in [2.05, 4.69) is 31.0 Å². The topological polar surface area (TPSA) is 274 Å². The van der Waals surface area contributed by atoms with E-state index in [0.717, 1.165) is 31.1 Å². The zero-order valence-electron chi connectivity index (χ0n) is 24.9. The van der Waals surface area contributed by atoms with Gasteiger partial charge in [-0.25, -0.2) is 14.3 Å². The monoisotopic (exact) mass is 701 g/mol. The van der Waals surface area contributed by atoms with Gasteiger partial charge in [-0.15, -0.1) is 16.9 Å². The molecule has 20 nitrogen and oxygen atoms in total. The summed E-state index contributed by atoms with van der Waals surface area (Å²) in [5.41, 5.74) is 4.71. The highest BCUT2D eigenvalue weighted by molar-refractivity contribution is 8.01. The molecule has 2 aromatic heterocycles. The lowest BCUT2D eigenvalue weighted by Crippen LogP contribution is -2.71. The van der Waals surface area contributed by atoms with E-state index in [4.69, 9.17) is 24.5 Å². The number of aryl methyl sites for hydroxylation is 1. The summed E-state index contributed by atoms with van der Waals surface area (Å²) in [6.07, 6.45) is 0.959. The molecule has 1 fully saturated rings. The van der Waals surface area contributed by atoms with Crippen LogP contribution < -0.4 is 20.5 Å². The number of carbonyl (C=O) groups excluding carboxylic acids is 5. The highest BCUT2D eigenvalue weighted by atomic mass is 32.2. The summed E-state index contributed by atoms with van der Waals surface area (Å²) in [7, 11) is 1.63. The van der Waals surface area contributed by atoms with Crippen LogP contribution in [0.1, 0.15) is 29.9 Å². The number of nitrogens with one attached hydrogen (secondary N) is 1. The number of aliphatic carboxylic acids is 1. The molecule has 250 valence electrons. The van der Waals surface area contributed by atoms with E-state index in [1.165, 1.54) is 40.3 Å². The van der Waals surface area contributed by atoms with Crippen LogP contribution in [0.5, 0.6) is 11.5 Å². The van der Waals surface area contributed by atoms with E-state index < -0.39 is 52.8 Å². The number of β-lactam (4-membered cyclic amide) rings is 1. The minimum Gasteiger partial charge on any atom is -0.477 e. The van der Waals surface area contributed by atoms with Crippen molar-refractivity contribution in [1.29, 1.82) is 0 Å². The minimum absolute atomic E-state index is 0.148. The molecule has 22 heteroatoms. The minimum atomic E-state index is -1.32. The molecule has 2 amide bonds. The number of nitrogen functional groups attached to an aromatic ring is 1. The Bertz CT molecular complexity index is 1900. The fraction of sp³-hybridized carbons (Fsp3) is 0.269. The van der Waals surface area contributed by atoms with Crippen LogP contribution in [0.4, 0.5) is 6.01 Å². The van der Waals surface area contributed by atoms with Crippen LogP contribution in [0.2, 0.25) is 0 Å². The van der Waals surface area contributed by atoms with Gasteiger partial charge < -0.3 is 34.9 Å². The quantitative estimate of drug-likeness (QED) is 0.0441. The van der Waals surface area contributed by atoms with Crippen LogP contribution in [0.25, 0.3) is 0 Å². The molecule has 2 atom stereocenters. The molecule has 4 heterocycles. The summed E-state index contributed by atoms with van der Waals surface area (Å²) >= 11 is 2.42. The number of carbonyl (C=O) groups is 6. The molecule has 1 unspecified atom stereocenters. The van der Waals surface area contributed by atoms with E-state index in [1.807, 2.05) is 0 Å². The van der Waals surface area contributed by atoms with Gasteiger partial charge in [0.25, 0.3) is 17.8 Å². The predicted molar refractivity (Wildman–Crippen MR) is 161 cm³/mol. The van der Waals surface area contributed by atoms with Crippen molar-refractivity contribution >= 4 is 70.9 Å². The maximum atomic E-state index is 13.4. The maximum Gasteiger partial charge on any atom is 0.365 e. The number of hydrogen-bond donors (Lipinski definition) is 3. The van der Waals surface area contributed by atoms with Crippen LogP contribution in [-0.4, -0.2) is 99.5 Å². The molecule has 3 aromatic rings. The number of fused-ring (bicyclic) bond motifs is 1. The Hall–Kier alpha value is -5.77. The number of amides is 2. The first-order valence-electron chi connectivity index (χ1n) is 13.4. The van der Waals surface area contributed by atoms with Gasteiger partial charge in [-0.1, -0.05) is 16.9 Å². The van der Waals surface area contributed by atoms with Crippen LogP contribution in [-0.2, 0) is 35.9 Å². The van der Waals surface area contributed by atoms with Gasteiger partial charge in [0.15, 0.2) is 17.2 Å². The van der Waals surface area contributed by atoms with Crippen LogP contribution in [0, 0.1) is 0 Å². The van der Waals surface area contributed by atoms with Gasteiger partial charge in [0.2, 0.25) is 5.16 Å². The summed E-state index contributed by atoms with van der Waals surface area (Å²) in [4.78, 5) is 84.5. The molecule has 2 aliphatic rings. The SMILES string of the molecule is CC(=O)Oc1ccc(C(=O)ON=C(C(=O)NC2C(=O)N3C(C(=O)O)=C(CSc4nnnn4C)CS[C@@H]23)c2coc(N)n2)cc1OC(C)=O. The molecule has 1 saturated heterocycles. The lowest BCUT2D eigenvalue weighted by atomic mass is 10.0. The predicted octanol–water partition coefficient (Wildman–Crippen LogP) is -0.277. The van der Waals surface area contributed by atoms with Gasteiger partial charge in [0, 0.05) is 32.4 Å². The van der Waals surface area contributed by atoms with Gasteiger partial charge >= 0.3 is 23.9 Å². The zero-order chi connectivity index (χ0) is 34.7. The van der Waals surface area contributed by atoms with Crippen molar-refractivity contribution in [2.45, 2.75) is 30.4 Å². The number of nitrogens with two attached hydrogens (primary N) is 1. The molecule has 4 N–H and O–H groups in total. The zero-order valence-corrected chi connectivity index (χ0v) is 26.6. The lowest BCUT2D eigenvalue weighted by molar-refractivity contribution is -0.150. The highest BCUT2D eigenvalue weighted by Gasteiger charge is 2.54. The van der Waals surface area contributed by atoms with Crippen molar-refractivity contribution in [1.82, 2.24) is 35.4 Å². The van der Waals surface area contributed by atoms with Gasteiger partial charge in [0.05, 0.1) is 5.56 Å². The Morgan fingerprint density at radius 3 is 2.54 bits per heavy atom. The average molecular weight is 702 g/mol. The van der Waals surface area contributed by atoms with Crippen molar-refractivity contribution in [2.24, 2.45) is 12.2 Å². The average Bonchev–Trinajstić information content (AvgIpc) is 3.65. The van der Waals surface area contributed by atoms with Gasteiger partial charge in [-0.05, 0) is 34.2 Å². The number of esters is 2. The van der Waals surface area contributed by atoms with Crippen molar-refractivity contribution in [3.63, 3.8) is 0 Å². The number of oxime groups is 1. The first-order chi connectivity index (χ1) is 22.8. The van der Waals surface area contributed by atoms with E-state index in [9.17, 15) is 33.9 Å². The second-order valence-electron chi connectivity index (χ2n) is 9.73. The number of anilines is 1. The number of nitrogens with zero attached hydrogens (tertiary/aromatic N) is 7. The molecule has 5 rings (SSSR count).